The average molecular weight is 280 g/mol. The van der Waals surface area contributed by atoms with Crippen LogP contribution in [0.4, 0.5) is 0 Å². The number of hydrogen-bond donors (Lipinski definition) is 0. The molecule has 3 heteroatoms. The Kier molecular flexibility index (Phi) is 5.25. The van der Waals surface area contributed by atoms with Crippen molar-refractivity contribution in [3.8, 4) is 0 Å². The fourth-order valence-electron chi connectivity index (χ4n) is 3.95. The number of nitrogens with zero attached hydrogens (tertiary/aromatic N) is 2. The van der Waals surface area contributed by atoms with Gasteiger partial charge in [0, 0.05) is 24.4 Å². The van der Waals surface area contributed by atoms with Gasteiger partial charge in [0.25, 0.3) is 0 Å². The highest BCUT2D eigenvalue weighted by Gasteiger charge is 2.38. The van der Waals surface area contributed by atoms with Crippen LogP contribution in [0.3, 0.4) is 0 Å². The van der Waals surface area contributed by atoms with E-state index in [1.54, 1.807) is 0 Å². The molecule has 0 bridgehead atoms. The zero-order chi connectivity index (χ0) is 14.8. The molecule has 0 amide bonds. The second-order valence-electron chi connectivity index (χ2n) is 7.84. The van der Waals surface area contributed by atoms with Gasteiger partial charge in [-0.25, -0.2) is 0 Å². The van der Waals surface area contributed by atoms with E-state index in [-0.39, 0.29) is 5.41 Å². The van der Waals surface area contributed by atoms with E-state index in [2.05, 4.69) is 37.7 Å². The molecule has 2 aliphatic rings. The Morgan fingerprint density at radius 1 is 1.20 bits per heavy atom. The predicted molar refractivity (Wildman–Crippen MR) is 83.8 cm³/mol. The lowest BCUT2D eigenvalue weighted by Crippen LogP contribution is -2.44. The molecule has 0 radical (unpaired) electrons. The molecule has 20 heavy (non-hydrogen) atoms. The van der Waals surface area contributed by atoms with Crippen molar-refractivity contribution in [1.82, 2.24) is 9.80 Å². The van der Waals surface area contributed by atoms with Gasteiger partial charge in [-0.05, 0) is 58.8 Å². The van der Waals surface area contributed by atoms with Crippen LogP contribution in [0.2, 0.25) is 0 Å². The summed E-state index contributed by atoms with van der Waals surface area (Å²) < 4.78 is 0. The number of piperidine rings is 1. The van der Waals surface area contributed by atoms with Crippen LogP contribution < -0.4 is 0 Å². The van der Waals surface area contributed by atoms with Gasteiger partial charge in [-0.15, -0.1) is 0 Å². The highest BCUT2D eigenvalue weighted by Crippen LogP contribution is 2.36. The van der Waals surface area contributed by atoms with Gasteiger partial charge in [-0.2, -0.15) is 0 Å². The number of likely N-dealkylation sites (tertiary alicyclic amines) is 1. The van der Waals surface area contributed by atoms with Crippen LogP contribution in [-0.4, -0.2) is 55.9 Å². The Hall–Kier alpha value is -0.410. The second-order valence-corrected chi connectivity index (χ2v) is 7.84. The van der Waals surface area contributed by atoms with Crippen LogP contribution >= 0.6 is 0 Å². The quantitative estimate of drug-likeness (QED) is 0.791. The highest BCUT2D eigenvalue weighted by atomic mass is 16.1. The van der Waals surface area contributed by atoms with Crippen molar-refractivity contribution in [2.24, 2.45) is 17.3 Å². The molecule has 3 nitrogen and oxygen atoms in total. The Labute approximate surface area is 124 Å². The third-order valence-corrected chi connectivity index (χ3v) is 5.20. The van der Waals surface area contributed by atoms with Gasteiger partial charge in [0.1, 0.15) is 5.78 Å². The number of rotatable bonds is 4. The summed E-state index contributed by atoms with van der Waals surface area (Å²) in [6.07, 6.45) is 6.00. The Balaban J connectivity index is 1.79. The molecule has 1 atom stereocenters. The van der Waals surface area contributed by atoms with Gasteiger partial charge in [0.05, 0.1) is 0 Å². The molecule has 1 heterocycles. The smallest absolute Gasteiger partial charge is 0.142 e. The van der Waals surface area contributed by atoms with Crippen molar-refractivity contribution in [2.75, 3.05) is 40.3 Å². The molecule has 1 saturated carbocycles. The summed E-state index contributed by atoms with van der Waals surface area (Å²) in [5, 5.41) is 0. The first-order valence-electron chi connectivity index (χ1n) is 8.30. The molecule has 2 fully saturated rings. The van der Waals surface area contributed by atoms with Crippen LogP contribution in [0.1, 0.15) is 46.0 Å². The van der Waals surface area contributed by atoms with Gasteiger partial charge < -0.3 is 9.80 Å². The fraction of sp³-hybridized carbons (Fsp3) is 0.941. The molecule has 1 saturated heterocycles. The first kappa shape index (κ1) is 16.0. The molecule has 2 rings (SSSR count). The third-order valence-electron chi connectivity index (χ3n) is 5.20. The third kappa shape index (κ3) is 4.05. The van der Waals surface area contributed by atoms with E-state index in [0.29, 0.717) is 11.7 Å². The molecule has 0 N–H and O–H groups in total. The van der Waals surface area contributed by atoms with Gasteiger partial charge in [-0.3, -0.25) is 4.79 Å². The molecule has 0 aromatic heterocycles. The van der Waals surface area contributed by atoms with Crippen molar-refractivity contribution in [1.29, 1.82) is 0 Å². The first-order chi connectivity index (χ1) is 9.38. The zero-order valence-corrected chi connectivity index (χ0v) is 13.8. The van der Waals surface area contributed by atoms with Crippen LogP contribution in [0.5, 0.6) is 0 Å². The normalized spacial score (nSPS) is 29.1. The van der Waals surface area contributed by atoms with E-state index in [0.717, 1.165) is 25.3 Å². The molecular formula is C17H32N2O. The van der Waals surface area contributed by atoms with E-state index in [1.807, 2.05) is 0 Å². The maximum absolute atomic E-state index is 12.5. The number of carbonyl (C=O) groups is 1. The number of carbonyl (C=O) groups excluding carboxylic acids is 1. The summed E-state index contributed by atoms with van der Waals surface area (Å²) in [6.45, 7) is 8.85. The van der Waals surface area contributed by atoms with Gasteiger partial charge in [0.15, 0.2) is 0 Å². The van der Waals surface area contributed by atoms with E-state index < -0.39 is 0 Å². The molecule has 0 aromatic carbocycles. The zero-order valence-electron chi connectivity index (χ0n) is 13.8. The summed E-state index contributed by atoms with van der Waals surface area (Å²) in [7, 11) is 4.32. The van der Waals surface area contributed by atoms with Crippen LogP contribution in [0.15, 0.2) is 0 Å². The Morgan fingerprint density at radius 2 is 1.85 bits per heavy atom. The fourth-order valence-corrected chi connectivity index (χ4v) is 3.95. The summed E-state index contributed by atoms with van der Waals surface area (Å²) in [4.78, 5) is 17.3. The largest absolute Gasteiger partial charge is 0.309 e. The van der Waals surface area contributed by atoms with Crippen molar-refractivity contribution in [3.05, 3.63) is 0 Å². The van der Waals surface area contributed by atoms with Crippen molar-refractivity contribution in [3.63, 3.8) is 0 Å². The SMILES string of the molecule is CN(C)CC1CCN(CC2CCCC(C)(C)C2=O)CC1. The average Bonchev–Trinajstić information content (AvgIpc) is 2.37. The van der Waals surface area contributed by atoms with Gasteiger partial charge >= 0.3 is 0 Å². The minimum absolute atomic E-state index is 0.0772. The number of hydrogen-bond acceptors (Lipinski definition) is 3. The number of ketones is 1. The molecule has 116 valence electrons. The Bertz CT molecular complexity index is 330. The lowest BCUT2D eigenvalue weighted by molar-refractivity contribution is -0.135. The topological polar surface area (TPSA) is 23.6 Å². The monoisotopic (exact) mass is 280 g/mol. The Morgan fingerprint density at radius 3 is 2.45 bits per heavy atom. The minimum atomic E-state index is -0.0772. The summed E-state index contributed by atoms with van der Waals surface area (Å²) in [5.74, 6) is 1.66. The predicted octanol–water partition coefficient (Wildman–Crippen LogP) is 2.66. The summed E-state index contributed by atoms with van der Waals surface area (Å²) in [6, 6.07) is 0. The molecule has 1 aliphatic carbocycles. The van der Waals surface area contributed by atoms with Crippen molar-refractivity contribution < 1.29 is 4.79 Å². The van der Waals surface area contributed by atoms with Crippen molar-refractivity contribution in [2.45, 2.75) is 46.0 Å². The van der Waals surface area contributed by atoms with Gasteiger partial charge in [0.2, 0.25) is 0 Å². The summed E-state index contributed by atoms with van der Waals surface area (Å²) >= 11 is 0. The molecule has 1 unspecified atom stereocenters. The van der Waals surface area contributed by atoms with E-state index in [4.69, 9.17) is 0 Å². The minimum Gasteiger partial charge on any atom is -0.309 e. The van der Waals surface area contributed by atoms with E-state index >= 15 is 0 Å². The van der Waals surface area contributed by atoms with Gasteiger partial charge in [-0.1, -0.05) is 20.3 Å². The van der Waals surface area contributed by atoms with Crippen LogP contribution in [0.25, 0.3) is 0 Å². The highest BCUT2D eigenvalue weighted by molar-refractivity contribution is 5.87. The van der Waals surface area contributed by atoms with Crippen LogP contribution in [-0.2, 0) is 4.79 Å². The first-order valence-corrected chi connectivity index (χ1v) is 8.30. The molecular weight excluding hydrogens is 248 g/mol. The lowest BCUT2D eigenvalue weighted by Gasteiger charge is -2.39. The molecule has 0 spiro atoms. The standard InChI is InChI=1S/C17H32N2O/c1-17(2)9-5-6-15(16(17)20)13-19-10-7-14(8-11-19)12-18(3)4/h14-15H,5-13H2,1-4H3. The van der Waals surface area contributed by atoms with Crippen molar-refractivity contribution >= 4 is 5.78 Å². The number of Topliss-reactive ketones (excluding diaryl/α,β-unsaturated/α-hetero) is 1. The lowest BCUT2D eigenvalue weighted by atomic mass is 9.71. The maximum Gasteiger partial charge on any atom is 0.142 e. The van der Waals surface area contributed by atoms with Crippen LogP contribution in [0, 0.1) is 17.3 Å². The summed E-state index contributed by atoms with van der Waals surface area (Å²) in [5.41, 5.74) is -0.0772. The second kappa shape index (κ2) is 6.57. The van der Waals surface area contributed by atoms with E-state index in [1.165, 1.54) is 38.9 Å². The molecule has 0 aromatic rings. The molecule has 1 aliphatic heterocycles. The van der Waals surface area contributed by atoms with E-state index in [9.17, 15) is 4.79 Å². The maximum atomic E-state index is 12.5.